The number of nitrogens with one attached hydrogen (secondary N) is 1. The van der Waals surface area contributed by atoms with Crippen LogP contribution in [0.25, 0.3) is 0 Å². The number of anilines is 1. The van der Waals surface area contributed by atoms with Crippen LogP contribution in [-0.4, -0.2) is 37.8 Å². The van der Waals surface area contributed by atoms with Crippen LogP contribution < -0.4 is 16.8 Å². The van der Waals surface area contributed by atoms with Crippen molar-refractivity contribution in [3.63, 3.8) is 0 Å². The first-order valence-corrected chi connectivity index (χ1v) is 8.59. The maximum Gasteiger partial charge on any atom is 0.207 e. The van der Waals surface area contributed by atoms with Crippen LogP contribution >= 0.6 is 0 Å². The van der Waals surface area contributed by atoms with Gasteiger partial charge in [-0.25, -0.2) is 0 Å². The molecule has 8 heteroatoms. The number of aliphatic imine (C=N–C) groups is 1. The Morgan fingerprint density at radius 3 is 3.00 bits per heavy atom. The highest BCUT2D eigenvalue weighted by molar-refractivity contribution is 5.65. The van der Waals surface area contributed by atoms with Crippen LogP contribution in [0.5, 0.6) is 0 Å². The molecule has 1 rings (SSSR count). The van der Waals surface area contributed by atoms with Crippen molar-refractivity contribution in [3.8, 4) is 6.07 Å². The van der Waals surface area contributed by atoms with Crippen molar-refractivity contribution in [2.75, 3.05) is 25.9 Å². The van der Waals surface area contributed by atoms with Gasteiger partial charge in [-0.05, 0) is 37.1 Å². The maximum absolute atomic E-state index is 10.6. The topological polar surface area (TPSA) is 139 Å². The maximum atomic E-state index is 10.6. The molecule has 8 nitrogen and oxygen atoms in total. The van der Waals surface area contributed by atoms with Crippen LogP contribution in [0, 0.1) is 17.2 Å². The summed E-state index contributed by atoms with van der Waals surface area (Å²) >= 11 is 0. The third-order valence-corrected chi connectivity index (χ3v) is 3.87. The third-order valence-electron chi connectivity index (χ3n) is 3.87. The number of methoxy groups -OCH3 is 1. The van der Waals surface area contributed by atoms with Gasteiger partial charge in [0.2, 0.25) is 6.41 Å². The summed E-state index contributed by atoms with van der Waals surface area (Å²) < 4.78 is 5.44. The van der Waals surface area contributed by atoms with Crippen LogP contribution in [0.4, 0.5) is 5.69 Å². The molecule has 0 fully saturated rings. The number of ether oxygens (including phenoxy) is 1. The Morgan fingerprint density at radius 2 is 2.37 bits per heavy atom. The van der Waals surface area contributed by atoms with Crippen molar-refractivity contribution in [1.29, 1.82) is 5.26 Å². The summed E-state index contributed by atoms with van der Waals surface area (Å²) in [5.41, 5.74) is 13.3. The minimum atomic E-state index is -0.136. The van der Waals surface area contributed by atoms with E-state index in [9.17, 15) is 10.1 Å². The molecule has 0 spiro atoms. The van der Waals surface area contributed by atoms with Crippen molar-refractivity contribution in [1.82, 2.24) is 10.3 Å². The molecular formula is C19H26N6O2. The highest BCUT2D eigenvalue weighted by atomic mass is 16.5. The average Bonchev–Trinajstić information content (AvgIpc) is 2.69. The summed E-state index contributed by atoms with van der Waals surface area (Å²) in [6.45, 7) is 0.894. The van der Waals surface area contributed by atoms with Crippen molar-refractivity contribution in [3.05, 3.63) is 47.6 Å². The Labute approximate surface area is 159 Å². The molecule has 0 saturated heterocycles. The first-order chi connectivity index (χ1) is 13.2. The summed E-state index contributed by atoms with van der Waals surface area (Å²) in [7, 11) is 1.51. The van der Waals surface area contributed by atoms with Crippen molar-refractivity contribution >= 4 is 18.3 Å². The third kappa shape index (κ3) is 7.71. The number of amides is 1. The van der Waals surface area contributed by atoms with Crippen LogP contribution in [0.3, 0.4) is 0 Å². The number of nitrogens with two attached hydrogens (primary N) is 2. The van der Waals surface area contributed by atoms with Crippen LogP contribution in [-0.2, 0) is 16.0 Å². The first-order valence-electron chi connectivity index (χ1n) is 8.59. The Hall–Kier alpha value is -3.18. The van der Waals surface area contributed by atoms with Gasteiger partial charge >= 0.3 is 0 Å². The second kappa shape index (κ2) is 13.1. The molecule has 1 aromatic rings. The predicted molar refractivity (Wildman–Crippen MR) is 105 cm³/mol. The number of aromatic nitrogens is 1. The number of hydrogen-bond acceptors (Lipinski definition) is 7. The quantitative estimate of drug-likeness (QED) is 0.167. The van der Waals surface area contributed by atoms with Gasteiger partial charge in [0.05, 0.1) is 24.6 Å². The molecule has 1 aromatic heterocycles. The van der Waals surface area contributed by atoms with Gasteiger partial charge in [-0.15, -0.1) is 0 Å². The molecule has 27 heavy (non-hydrogen) atoms. The number of rotatable bonds is 12. The molecule has 0 radical (unpaired) electrons. The van der Waals surface area contributed by atoms with Gasteiger partial charge in [0, 0.05) is 37.5 Å². The van der Waals surface area contributed by atoms with Gasteiger partial charge in [-0.3, -0.25) is 14.8 Å². The number of nitrogen functional groups attached to an aromatic ring is 1. The Balaban J connectivity index is 2.87. The van der Waals surface area contributed by atoms with E-state index < -0.39 is 0 Å². The van der Waals surface area contributed by atoms with E-state index in [0.717, 1.165) is 12.0 Å². The summed E-state index contributed by atoms with van der Waals surface area (Å²) in [5.74, 6) is 0.369. The zero-order valence-electron chi connectivity index (χ0n) is 15.5. The molecule has 1 amide bonds. The zero-order valence-corrected chi connectivity index (χ0v) is 15.5. The minimum Gasteiger partial charge on any atom is -0.499 e. The van der Waals surface area contributed by atoms with Crippen LogP contribution in [0.15, 0.2) is 47.1 Å². The van der Waals surface area contributed by atoms with E-state index in [0.29, 0.717) is 49.4 Å². The molecule has 144 valence electrons. The monoisotopic (exact) mass is 370 g/mol. The van der Waals surface area contributed by atoms with Gasteiger partial charge < -0.3 is 21.5 Å². The lowest BCUT2D eigenvalue weighted by molar-refractivity contribution is -0.109. The Bertz CT molecular complexity index is 721. The molecule has 0 aliphatic carbocycles. The molecule has 0 saturated carbocycles. The number of nitriles is 1. The molecule has 0 aromatic carbocycles. The summed E-state index contributed by atoms with van der Waals surface area (Å²) in [5, 5.41) is 12.1. The molecule has 1 unspecified atom stereocenters. The fourth-order valence-corrected chi connectivity index (χ4v) is 2.50. The van der Waals surface area contributed by atoms with Gasteiger partial charge in [-0.1, -0.05) is 0 Å². The predicted octanol–water partition coefficient (Wildman–Crippen LogP) is 1.32. The molecule has 0 bridgehead atoms. The zero-order chi connectivity index (χ0) is 19.9. The van der Waals surface area contributed by atoms with Gasteiger partial charge in [-0.2, -0.15) is 5.26 Å². The van der Waals surface area contributed by atoms with E-state index in [2.05, 4.69) is 21.4 Å². The molecule has 1 atom stereocenters. The van der Waals surface area contributed by atoms with Crippen molar-refractivity contribution in [2.45, 2.75) is 19.3 Å². The number of carbonyl (C=O) groups excluding carboxylic acids is 1. The molecular weight excluding hydrogens is 344 g/mol. The summed E-state index contributed by atoms with van der Waals surface area (Å²) in [4.78, 5) is 18.7. The lowest BCUT2D eigenvalue weighted by atomic mass is 9.97. The van der Waals surface area contributed by atoms with E-state index in [1.807, 2.05) is 6.07 Å². The van der Waals surface area contributed by atoms with E-state index in [1.54, 1.807) is 24.7 Å². The highest BCUT2D eigenvalue weighted by Crippen LogP contribution is 2.21. The van der Waals surface area contributed by atoms with Crippen molar-refractivity contribution in [2.24, 2.45) is 16.6 Å². The van der Waals surface area contributed by atoms with Crippen LogP contribution in [0.1, 0.15) is 18.4 Å². The van der Waals surface area contributed by atoms with Gasteiger partial charge in [0.15, 0.2) is 0 Å². The second-order valence-corrected chi connectivity index (χ2v) is 5.67. The number of nitrogens with zero attached hydrogens (tertiary/aromatic N) is 3. The van der Waals surface area contributed by atoms with E-state index in [1.165, 1.54) is 13.3 Å². The lowest BCUT2D eigenvalue weighted by Crippen LogP contribution is -2.25. The smallest absolute Gasteiger partial charge is 0.207 e. The Morgan fingerprint density at radius 1 is 1.56 bits per heavy atom. The van der Waals surface area contributed by atoms with Crippen LogP contribution in [0.2, 0.25) is 0 Å². The normalized spacial score (nSPS) is 13.2. The fourth-order valence-electron chi connectivity index (χ4n) is 2.50. The number of carbonyl (C=O) groups is 1. The van der Waals surface area contributed by atoms with E-state index >= 15 is 0 Å². The highest BCUT2D eigenvalue weighted by Gasteiger charge is 2.18. The lowest BCUT2D eigenvalue weighted by Gasteiger charge is -2.19. The summed E-state index contributed by atoms with van der Waals surface area (Å²) in [6, 6.07) is 3.95. The fraction of sp³-hybridized carbons (Fsp3) is 0.368. The number of allylic oxidation sites excluding steroid dienone is 2. The minimum absolute atomic E-state index is 0.136. The number of hydrogen-bond donors (Lipinski definition) is 3. The number of pyridine rings is 1. The SMILES string of the molecule is CO/C(=C(C#N)/C=C\N=CCc1ccncc1N)C(CCCN)CNC=O. The Kier molecular flexibility index (Phi) is 10.6. The summed E-state index contributed by atoms with van der Waals surface area (Å²) in [6.07, 6.45) is 10.7. The van der Waals surface area contributed by atoms with Gasteiger partial charge in [0.25, 0.3) is 0 Å². The molecule has 0 aliphatic heterocycles. The molecule has 5 N–H and O–H groups in total. The molecule has 1 heterocycles. The van der Waals surface area contributed by atoms with Crippen molar-refractivity contribution < 1.29 is 9.53 Å². The molecule has 0 aliphatic rings. The average molecular weight is 370 g/mol. The first kappa shape index (κ1) is 21.9. The van der Waals surface area contributed by atoms with E-state index in [4.69, 9.17) is 16.2 Å². The van der Waals surface area contributed by atoms with Gasteiger partial charge in [0.1, 0.15) is 11.8 Å². The van der Waals surface area contributed by atoms with E-state index in [-0.39, 0.29) is 5.92 Å². The standard InChI is InChI=1S/C19H26N6O2/c1-27-19(17(3-2-7-20)12-25-14-26)16(11-21)6-9-23-8-4-15-5-10-24-13-18(15)22/h5-6,8-10,13-14,17H,2-4,7,12,20,22H2,1H3,(H,25,26)/b9-6-,19-16-,23-8?. The second-order valence-electron chi connectivity index (χ2n) is 5.67. The largest absolute Gasteiger partial charge is 0.499 e.